The van der Waals surface area contributed by atoms with Gasteiger partial charge in [-0.3, -0.25) is 0 Å². The van der Waals surface area contributed by atoms with E-state index in [0.29, 0.717) is 18.0 Å². The van der Waals surface area contributed by atoms with Crippen LogP contribution in [0.15, 0.2) is 52.9 Å². The fourth-order valence-electron chi connectivity index (χ4n) is 2.30. The Kier molecular flexibility index (Phi) is 5.95. The van der Waals surface area contributed by atoms with Crippen molar-refractivity contribution in [2.24, 2.45) is 0 Å². The number of carboxylic acids is 1. The predicted molar refractivity (Wildman–Crippen MR) is 104 cm³/mol. The van der Waals surface area contributed by atoms with E-state index in [0.717, 1.165) is 10.6 Å². The topological polar surface area (TPSA) is 70.6 Å². The van der Waals surface area contributed by atoms with Gasteiger partial charge in [-0.25, -0.2) is 9.18 Å². The summed E-state index contributed by atoms with van der Waals surface area (Å²) in [6, 6.07) is 11.1. The Bertz CT molecular complexity index is 828. The third-order valence-corrected chi connectivity index (χ3v) is 5.52. The molecule has 1 atom stereocenters. The van der Waals surface area contributed by atoms with Gasteiger partial charge in [0.1, 0.15) is 16.9 Å². The number of benzene rings is 2. The van der Waals surface area contributed by atoms with Gasteiger partial charge in [0.25, 0.3) is 0 Å². The maximum atomic E-state index is 13.0. The SMILES string of the molecule is CCOc1cc(C(=O)O)ccc1NSC1=CSC(c2ccc(F)cc2)N1. The van der Waals surface area contributed by atoms with Crippen molar-refractivity contribution in [2.75, 3.05) is 11.3 Å². The lowest BCUT2D eigenvalue weighted by molar-refractivity contribution is 0.0696. The molecular formula is C18H17FN2O3S2. The monoisotopic (exact) mass is 392 g/mol. The highest BCUT2D eigenvalue weighted by Crippen LogP contribution is 2.39. The molecule has 2 aromatic rings. The highest BCUT2D eigenvalue weighted by molar-refractivity contribution is 8.07. The number of hydrogen-bond acceptors (Lipinski definition) is 6. The van der Waals surface area contributed by atoms with Crippen LogP contribution in [0.3, 0.4) is 0 Å². The van der Waals surface area contributed by atoms with E-state index in [-0.39, 0.29) is 16.8 Å². The van der Waals surface area contributed by atoms with Gasteiger partial charge >= 0.3 is 5.97 Å². The molecule has 0 radical (unpaired) electrons. The van der Waals surface area contributed by atoms with Crippen LogP contribution in [-0.2, 0) is 0 Å². The van der Waals surface area contributed by atoms with E-state index in [1.807, 2.05) is 12.3 Å². The number of carboxylic acid groups (broad SMARTS) is 1. The van der Waals surface area contributed by atoms with Gasteiger partial charge in [0.15, 0.2) is 0 Å². The van der Waals surface area contributed by atoms with E-state index in [9.17, 15) is 9.18 Å². The van der Waals surface area contributed by atoms with Crippen LogP contribution < -0.4 is 14.8 Å². The van der Waals surface area contributed by atoms with Crippen molar-refractivity contribution < 1.29 is 19.0 Å². The Morgan fingerprint density at radius 2 is 2.12 bits per heavy atom. The van der Waals surface area contributed by atoms with E-state index >= 15 is 0 Å². The first-order valence-corrected chi connectivity index (χ1v) is 9.63. The summed E-state index contributed by atoms with van der Waals surface area (Å²) in [7, 11) is 0. The highest BCUT2D eigenvalue weighted by Gasteiger charge is 2.19. The average Bonchev–Trinajstić information content (AvgIpc) is 3.10. The molecule has 0 aliphatic carbocycles. The summed E-state index contributed by atoms with van der Waals surface area (Å²) >= 11 is 2.97. The predicted octanol–water partition coefficient (Wildman–Crippen LogP) is 4.82. The zero-order valence-electron chi connectivity index (χ0n) is 13.9. The van der Waals surface area contributed by atoms with Gasteiger partial charge in [-0.1, -0.05) is 12.1 Å². The molecule has 2 aromatic carbocycles. The Labute approximate surface area is 159 Å². The number of carbonyl (C=O) groups is 1. The third kappa shape index (κ3) is 4.44. The first-order valence-electron chi connectivity index (χ1n) is 7.87. The van der Waals surface area contributed by atoms with Crippen LogP contribution in [0.1, 0.15) is 28.2 Å². The minimum atomic E-state index is -0.996. The second kappa shape index (κ2) is 8.37. The maximum absolute atomic E-state index is 13.0. The first kappa shape index (κ1) is 18.5. The van der Waals surface area contributed by atoms with Crippen LogP contribution in [0.25, 0.3) is 0 Å². The summed E-state index contributed by atoms with van der Waals surface area (Å²) in [6.07, 6.45) is 0. The molecule has 0 amide bonds. The summed E-state index contributed by atoms with van der Waals surface area (Å²) < 4.78 is 21.7. The Morgan fingerprint density at radius 3 is 2.81 bits per heavy atom. The molecule has 0 spiro atoms. The summed E-state index contributed by atoms with van der Waals surface area (Å²) in [5.74, 6) is -0.765. The zero-order chi connectivity index (χ0) is 18.5. The molecule has 1 aliphatic rings. The summed E-state index contributed by atoms with van der Waals surface area (Å²) in [6.45, 7) is 2.28. The highest BCUT2D eigenvalue weighted by atomic mass is 32.2. The maximum Gasteiger partial charge on any atom is 0.335 e. The lowest BCUT2D eigenvalue weighted by atomic mass is 10.2. The minimum absolute atomic E-state index is 0.0284. The summed E-state index contributed by atoms with van der Waals surface area (Å²) in [4.78, 5) is 11.1. The molecular weight excluding hydrogens is 375 g/mol. The van der Waals surface area contributed by atoms with Gasteiger partial charge in [0.2, 0.25) is 0 Å². The lowest BCUT2D eigenvalue weighted by Crippen LogP contribution is -2.12. The van der Waals surface area contributed by atoms with Crippen LogP contribution in [0.5, 0.6) is 5.75 Å². The summed E-state index contributed by atoms with van der Waals surface area (Å²) in [5, 5.41) is 15.4. The van der Waals surface area contributed by atoms with E-state index in [1.165, 1.54) is 36.2 Å². The van der Waals surface area contributed by atoms with Gasteiger partial charge < -0.3 is 19.9 Å². The molecule has 8 heteroatoms. The molecule has 26 heavy (non-hydrogen) atoms. The van der Waals surface area contributed by atoms with E-state index < -0.39 is 5.97 Å². The van der Waals surface area contributed by atoms with E-state index in [2.05, 4.69) is 10.0 Å². The summed E-state index contributed by atoms with van der Waals surface area (Å²) in [5.41, 5.74) is 1.86. The van der Waals surface area contributed by atoms with E-state index in [1.54, 1.807) is 30.0 Å². The van der Waals surface area contributed by atoms with Crippen molar-refractivity contribution in [1.29, 1.82) is 0 Å². The normalized spacial score (nSPS) is 15.9. The molecule has 1 aliphatic heterocycles. The second-order valence-corrected chi connectivity index (χ2v) is 7.17. The van der Waals surface area contributed by atoms with Crippen molar-refractivity contribution in [2.45, 2.75) is 12.3 Å². The first-order chi connectivity index (χ1) is 12.6. The molecule has 0 saturated heterocycles. The standard InChI is InChI=1S/C18H17FN2O3S2/c1-2-24-15-9-12(18(22)23)5-8-14(15)21-26-16-10-25-17(20-16)11-3-6-13(19)7-4-11/h3-10,17,20-21H,2H2,1H3,(H,22,23). The van der Waals surface area contributed by atoms with Crippen molar-refractivity contribution in [1.82, 2.24) is 5.32 Å². The Balaban J connectivity index is 1.62. The third-order valence-electron chi connectivity index (χ3n) is 3.56. The van der Waals surface area contributed by atoms with Crippen LogP contribution in [0.2, 0.25) is 0 Å². The van der Waals surface area contributed by atoms with E-state index in [4.69, 9.17) is 9.84 Å². The molecule has 1 heterocycles. The smallest absolute Gasteiger partial charge is 0.335 e. The Hall–Kier alpha value is -2.32. The van der Waals surface area contributed by atoms with Gasteiger partial charge in [0.05, 0.1) is 22.9 Å². The number of nitrogens with one attached hydrogen (secondary N) is 2. The van der Waals surface area contributed by atoms with Crippen molar-refractivity contribution in [3.8, 4) is 5.75 Å². The number of anilines is 1. The number of ether oxygens (including phenoxy) is 1. The molecule has 5 nitrogen and oxygen atoms in total. The molecule has 1 unspecified atom stereocenters. The number of aromatic carboxylic acids is 1. The molecule has 0 fully saturated rings. The van der Waals surface area contributed by atoms with Crippen LogP contribution in [0, 0.1) is 5.82 Å². The molecule has 0 bridgehead atoms. The molecule has 3 N–H and O–H groups in total. The fraction of sp³-hybridized carbons (Fsp3) is 0.167. The lowest BCUT2D eigenvalue weighted by Gasteiger charge is -2.15. The molecule has 136 valence electrons. The fourth-order valence-corrected chi connectivity index (χ4v) is 4.14. The van der Waals surface area contributed by atoms with Crippen LogP contribution in [0.4, 0.5) is 10.1 Å². The number of thioether (sulfide) groups is 1. The van der Waals surface area contributed by atoms with Crippen molar-refractivity contribution in [3.05, 3.63) is 69.8 Å². The molecule has 0 saturated carbocycles. The largest absolute Gasteiger partial charge is 0.492 e. The molecule has 3 rings (SSSR count). The number of halogens is 1. The molecule has 0 aromatic heterocycles. The van der Waals surface area contributed by atoms with Crippen LogP contribution in [-0.4, -0.2) is 17.7 Å². The van der Waals surface area contributed by atoms with Gasteiger partial charge in [-0.05, 0) is 42.8 Å². The van der Waals surface area contributed by atoms with Gasteiger partial charge in [-0.15, -0.1) is 11.8 Å². The minimum Gasteiger partial charge on any atom is -0.492 e. The zero-order valence-corrected chi connectivity index (χ0v) is 15.5. The number of rotatable bonds is 7. The quantitative estimate of drug-likeness (QED) is 0.584. The van der Waals surface area contributed by atoms with Crippen molar-refractivity contribution in [3.63, 3.8) is 0 Å². The average molecular weight is 392 g/mol. The second-order valence-electron chi connectivity index (χ2n) is 5.35. The van der Waals surface area contributed by atoms with Gasteiger partial charge in [-0.2, -0.15) is 0 Å². The Morgan fingerprint density at radius 1 is 1.35 bits per heavy atom. The van der Waals surface area contributed by atoms with Gasteiger partial charge in [0, 0.05) is 17.4 Å². The number of hydrogen-bond donors (Lipinski definition) is 3. The van der Waals surface area contributed by atoms with Crippen LogP contribution >= 0.6 is 23.7 Å². The van der Waals surface area contributed by atoms with Crippen molar-refractivity contribution >= 4 is 35.4 Å².